The molecule has 90 valence electrons. The van der Waals surface area contributed by atoms with Crippen LogP contribution in [0.3, 0.4) is 0 Å². The molecule has 0 aliphatic heterocycles. The summed E-state index contributed by atoms with van der Waals surface area (Å²) in [7, 11) is 0. The highest BCUT2D eigenvalue weighted by atomic mass is 19.4. The van der Waals surface area contributed by atoms with Gasteiger partial charge in [0.05, 0.1) is 12.4 Å². The van der Waals surface area contributed by atoms with E-state index in [0.717, 1.165) is 0 Å². The van der Waals surface area contributed by atoms with E-state index in [1.165, 1.54) is 4.90 Å². The van der Waals surface area contributed by atoms with Crippen molar-refractivity contribution in [3.8, 4) is 0 Å². The zero-order valence-electron chi connectivity index (χ0n) is 9.06. The van der Waals surface area contributed by atoms with Gasteiger partial charge in [-0.05, 0) is 19.9 Å². The number of nitrogens with zero attached hydrogens (tertiary/aromatic N) is 1. The lowest BCUT2D eigenvalue weighted by Gasteiger charge is -2.29. The Morgan fingerprint density at radius 3 is 2.33 bits per heavy atom. The van der Waals surface area contributed by atoms with E-state index in [4.69, 9.17) is 11.1 Å². The Bertz CT molecular complexity index is 203. The highest BCUT2D eigenvalue weighted by Gasteiger charge is 2.32. The average molecular weight is 225 g/mol. The third-order valence-electron chi connectivity index (χ3n) is 2.03. The first-order chi connectivity index (χ1) is 6.76. The molecule has 6 heteroatoms. The molecule has 0 fully saturated rings. The molecule has 0 saturated carbocycles. The molecule has 0 radical (unpaired) electrons. The third kappa shape index (κ3) is 7.18. The van der Waals surface area contributed by atoms with Crippen LogP contribution in [0.25, 0.3) is 0 Å². The normalized spacial score (nSPS) is 14.3. The molecule has 1 unspecified atom stereocenters. The molecule has 0 aromatic carbocycles. The summed E-state index contributed by atoms with van der Waals surface area (Å²) in [5.74, 6) is -0.0780. The molecule has 0 aromatic heterocycles. The topological polar surface area (TPSA) is 53.1 Å². The van der Waals surface area contributed by atoms with Crippen LogP contribution in [0.1, 0.15) is 26.7 Å². The van der Waals surface area contributed by atoms with Gasteiger partial charge in [-0.25, -0.2) is 0 Å². The first kappa shape index (κ1) is 14.2. The van der Waals surface area contributed by atoms with Gasteiger partial charge in [0, 0.05) is 12.5 Å². The van der Waals surface area contributed by atoms with Crippen LogP contribution in [0.5, 0.6) is 0 Å². The largest absolute Gasteiger partial charge is 0.401 e. The molecule has 0 aliphatic rings. The second-order valence-electron chi connectivity index (χ2n) is 3.66. The van der Waals surface area contributed by atoms with Crippen LogP contribution in [-0.4, -0.2) is 36.0 Å². The van der Waals surface area contributed by atoms with Crippen molar-refractivity contribution >= 4 is 5.84 Å². The predicted octanol–water partition coefficient (Wildman–Crippen LogP) is 1.98. The fourth-order valence-electron chi connectivity index (χ4n) is 1.42. The summed E-state index contributed by atoms with van der Waals surface area (Å²) in [4.78, 5) is 1.31. The molecule has 1 atom stereocenters. The van der Waals surface area contributed by atoms with Crippen molar-refractivity contribution in [1.82, 2.24) is 4.90 Å². The van der Waals surface area contributed by atoms with Gasteiger partial charge < -0.3 is 5.73 Å². The quantitative estimate of drug-likeness (QED) is 0.536. The molecular weight excluding hydrogens is 207 g/mol. The van der Waals surface area contributed by atoms with E-state index < -0.39 is 12.7 Å². The van der Waals surface area contributed by atoms with Crippen molar-refractivity contribution in [2.45, 2.75) is 38.9 Å². The van der Waals surface area contributed by atoms with Gasteiger partial charge in [0.25, 0.3) is 0 Å². The lowest BCUT2D eigenvalue weighted by molar-refractivity contribution is -0.150. The maximum absolute atomic E-state index is 12.2. The summed E-state index contributed by atoms with van der Waals surface area (Å²) in [6, 6.07) is -0.343. The lowest BCUT2D eigenvalue weighted by atomic mass is 10.2. The highest BCUT2D eigenvalue weighted by molar-refractivity contribution is 5.77. The number of nitrogens with two attached hydrogens (primary N) is 1. The van der Waals surface area contributed by atoms with Crippen LogP contribution in [0, 0.1) is 5.41 Å². The van der Waals surface area contributed by atoms with Gasteiger partial charge in [0.2, 0.25) is 0 Å². The van der Waals surface area contributed by atoms with E-state index in [-0.39, 0.29) is 18.3 Å². The molecular formula is C9H18F3N3. The maximum atomic E-state index is 12.2. The summed E-state index contributed by atoms with van der Waals surface area (Å²) in [5.41, 5.74) is 5.17. The number of hydrogen-bond acceptors (Lipinski definition) is 2. The van der Waals surface area contributed by atoms with Gasteiger partial charge in [0.15, 0.2) is 0 Å². The molecule has 15 heavy (non-hydrogen) atoms. The summed E-state index contributed by atoms with van der Waals surface area (Å²) in [5, 5.41) is 7.05. The van der Waals surface area contributed by atoms with E-state index in [1.807, 2.05) is 6.92 Å². The second-order valence-corrected chi connectivity index (χ2v) is 3.66. The SMILES string of the molecule is CCCN(CC(F)(F)F)C(C)CC(=N)N. The molecule has 3 nitrogen and oxygen atoms in total. The van der Waals surface area contributed by atoms with Gasteiger partial charge >= 0.3 is 6.18 Å². The molecule has 0 saturated heterocycles. The Balaban J connectivity index is 4.30. The Labute approximate surface area is 87.9 Å². The Kier molecular flexibility index (Phi) is 5.64. The van der Waals surface area contributed by atoms with Crippen molar-refractivity contribution in [2.75, 3.05) is 13.1 Å². The minimum atomic E-state index is -4.19. The van der Waals surface area contributed by atoms with Crippen molar-refractivity contribution in [2.24, 2.45) is 5.73 Å². The van der Waals surface area contributed by atoms with Crippen LogP contribution in [0.2, 0.25) is 0 Å². The van der Waals surface area contributed by atoms with E-state index in [9.17, 15) is 13.2 Å². The van der Waals surface area contributed by atoms with E-state index in [0.29, 0.717) is 13.0 Å². The number of rotatable bonds is 6. The predicted molar refractivity (Wildman–Crippen MR) is 53.9 cm³/mol. The average Bonchev–Trinajstić information content (AvgIpc) is 1.99. The van der Waals surface area contributed by atoms with Gasteiger partial charge in [-0.2, -0.15) is 13.2 Å². The monoisotopic (exact) mass is 225 g/mol. The summed E-state index contributed by atoms with van der Waals surface area (Å²) in [6.07, 6.45) is -3.37. The van der Waals surface area contributed by atoms with E-state index >= 15 is 0 Å². The Morgan fingerprint density at radius 1 is 1.47 bits per heavy atom. The zero-order chi connectivity index (χ0) is 12.1. The molecule has 0 aliphatic carbocycles. The van der Waals surface area contributed by atoms with Crippen molar-refractivity contribution in [3.05, 3.63) is 0 Å². The van der Waals surface area contributed by atoms with Crippen LogP contribution < -0.4 is 5.73 Å². The summed E-state index contributed by atoms with van der Waals surface area (Å²) in [6.45, 7) is 2.91. The Morgan fingerprint density at radius 2 is 2.00 bits per heavy atom. The zero-order valence-corrected chi connectivity index (χ0v) is 9.06. The first-order valence-corrected chi connectivity index (χ1v) is 4.90. The number of amidine groups is 1. The summed E-state index contributed by atoms with van der Waals surface area (Å²) >= 11 is 0. The fraction of sp³-hybridized carbons (Fsp3) is 0.889. The molecule has 0 aromatic rings. The van der Waals surface area contributed by atoms with Crippen LogP contribution >= 0.6 is 0 Å². The van der Waals surface area contributed by atoms with Gasteiger partial charge in [0.1, 0.15) is 0 Å². The number of nitrogens with one attached hydrogen (secondary N) is 1. The number of alkyl halides is 3. The molecule has 0 heterocycles. The van der Waals surface area contributed by atoms with Crippen LogP contribution in [-0.2, 0) is 0 Å². The molecule has 0 amide bonds. The van der Waals surface area contributed by atoms with Gasteiger partial charge in [-0.3, -0.25) is 10.3 Å². The van der Waals surface area contributed by atoms with Crippen molar-refractivity contribution in [1.29, 1.82) is 5.41 Å². The molecule has 0 rings (SSSR count). The summed E-state index contributed by atoms with van der Waals surface area (Å²) < 4.78 is 36.6. The minimum absolute atomic E-state index is 0.0780. The molecule has 0 spiro atoms. The lowest BCUT2D eigenvalue weighted by Crippen LogP contribution is -2.42. The molecule has 0 bridgehead atoms. The minimum Gasteiger partial charge on any atom is -0.388 e. The van der Waals surface area contributed by atoms with E-state index in [1.54, 1.807) is 6.92 Å². The van der Waals surface area contributed by atoms with Crippen molar-refractivity contribution in [3.63, 3.8) is 0 Å². The van der Waals surface area contributed by atoms with E-state index in [2.05, 4.69) is 0 Å². The van der Waals surface area contributed by atoms with Crippen LogP contribution in [0.4, 0.5) is 13.2 Å². The number of hydrogen-bond donors (Lipinski definition) is 2. The van der Waals surface area contributed by atoms with Gasteiger partial charge in [-0.15, -0.1) is 0 Å². The maximum Gasteiger partial charge on any atom is 0.401 e. The smallest absolute Gasteiger partial charge is 0.388 e. The fourth-order valence-corrected chi connectivity index (χ4v) is 1.42. The third-order valence-corrected chi connectivity index (χ3v) is 2.03. The second kappa shape index (κ2) is 5.95. The van der Waals surface area contributed by atoms with Crippen molar-refractivity contribution < 1.29 is 13.2 Å². The van der Waals surface area contributed by atoms with Gasteiger partial charge in [-0.1, -0.05) is 6.92 Å². The highest BCUT2D eigenvalue weighted by Crippen LogP contribution is 2.19. The Hall–Kier alpha value is -0.780. The first-order valence-electron chi connectivity index (χ1n) is 4.90. The van der Waals surface area contributed by atoms with Crippen LogP contribution in [0.15, 0.2) is 0 Å². The molecule has 3 N–H and O–H groups in total. The standard InChI is InChI=1S/C9H18F3N3/c1-3-4-15(6-9(10,11)12)7(2)5-8(13)14/h7H,3-6H2,1-2H3,(H3,13,14). The number of halogens is 3.